The van der Waals surface area contributed by atoms with Gasteiger partial charge in [-0.05, 0) is 37.8 Å². The zero-order valence-corrected chi connectivity index (χ0v) is 13.4. The maximum atomic E-state index is 12.7. The number of aliphatic carboxylic acids is 1. The number of rotatable bonds is 5. The van der Waals surface area contributed by atoms with Gasteiger partial charge in [-0.2, -0.15) is 0 Å². The molecule has 0 spiro atoms. The molecule has 1 saturated heterocycles. The molecule has 1 unspecified atom stereocenters. The van der Waals surface area contributed by atoms with Gasteiger partial charge in [0.15, 0.2) is 0 Å². The van der Waals surface area contributed by atoms with Gasteiger partial charge in [-0.15, -0.1) is 0 Å². The third kappa shape index (κ3) is 3.34. The molecule has 128 valence electrons. The molecule has 2 N–H and O–H groups in total. The smallest absolute Gasteiger partial charge is 0.326 e. The van der Waals surface area contributed by atoms with Crippen molar-refractivity contribution >= 4 is 22.9 Å². The van der Waals surface area contributed by atoms with Gasteiger partial charge in [0.2, 0.25) is 5.91 Å². The normalized spacial score (nSPS) is 18.0. The Labute approximate surface area is 138 Å². The summed E-state index contributed by atoms with van der Waals surface area (Å²) in [5, 5.41) is 8.88. The monoisotopic (exact) mass is 331 g/mol. The van der Waals surface area contributed by atoms with E-state index in [2.05, 4.69) is 4.98 Å². The maximum Gasteiger partial charge on any atom is 0.326 e. The minimum Gasteiger partial charge on any atom is -0.481 e. The first-order valence-electron chi connectivity index (χ1n) is 8.25. The average Bonchev–Trinajstić information content (AvgIpc) is 2.89. The van der Waals surface area contributed by atoms with Gasteiger partial charge in [0.1, 0.15) is 6.54 Å². The number of aromatic nitrogens is 2. The van der Waals surface area contributed by atoms with Crippen LogP contribution in [0.3, 0.4) is 0 Å². The highest BCUT2D eigenvalue weighted by Crippen LogP contribution is 2.21. The molecule has 3 rings (SSSR count). The molecule has 0 saturated carbocycles. The summed E-state index contributed by atoms with van der Waals surface area (Å²) in [7, 11) is 0. The van der Waals surface area contributed by atoms with Crippen LogP contribution >= 0.6 is 0 Å². The molecule has 1 fully saturated rings. The minimum absolute atomic E-state index is 0.0214. The fraction of sp³-hybridized carbons (Fsp3) is 0.471. The molecule has 7 nitrogen and oxygen atoms in total. The number of amides is 1. The number of benzene rings is 1. The number of piperidine rings is 1. The Hall–Kier alpha value is -2.57. The fourth-order valence-corrected chi connectivity index (χ4v) is 3.41. The van der Waals surface area contributed by atoms with E-state index in [1.54, 1.807) is 17.0 Å². The van der Waals surface area contributed by atoms with Crippen LogP contribution in [0.4, 0.5) is 0 Å². The highest BCUT2D eigenvalue weighted by atomic mass is 16.4. The van der Waals surface area contributed by atoms with Gasteiger partial charge in [-0.25, -0.2) is 4.79 Å². The van der Waals surface area contributed by atoms with E-state index < -0.39 is 5.97 Å². The van der Waals surface area contributed by atoms with Gasteiger partial charge in [0.25, 0.3) is 0 Å². The van der Waals surface area contributed by atoms with E-state index in [9.17, 15) is 14.4 Å². The van der Waals surface area contributed by atoms with Crippen LogP contribution in [0.1, 0.15) is 32.1 Å². The third-order valence-corrected chi connectivity index (χ3v) is 4.61. The lowest BCUT2D eigenvalue weighted by molar-refractivity contribution is -0.140. The number of hydrogen-bond donors (Lipinski definition) is 2. The summed E-state index contributed by atoms with van der Waals surface area (Å²) in [5.74, 6) is -0.974. The number of fused-ring (bicyclic) bond motifs is 1. The number of para-hydroxylation sites is 2. The standard InChI is InChI=1S/C17H21N3O4/c21-15(19-10-4-3-5-12(19)8-9-16(22)23)11-20-14-7-2-1-6-13(14)18-17(20)24/h1-2,6-7,12H,3-5,8-11H2,(H,18,24)(H,22,23). The number of carboxylic acid groups (broad SMARTS) is 1. The van der Waals surface area contributed by atoms with E-state index in [1.807, 2.05) is 12.1 Å². The lowest BCUT2D eigenvalue weighted by atomic mass is 9.98. The second-order valence-electron chi connectivity index (χ2n) is 6.20. The number of nitrogens with one attached hydrogen (secondary N) is 1. The largest absolute Gasteiger partial charge is 0.481 e. The first-order chi connectivity index (χ1) is 11.6. The number of hydrogen-bond acceptors (Lipinski definition) is 3. The minimum atomic E-state index is -0.846. The Bertz CT molecular complexity index is 808. The molecule has 1 aliphatic heterocycles. The summed E-state index contributed by atoms with van der Waals surface area (Å²) in [6, 6.07) is 7.21. The Morgan fingerprint density at radius 1 is 1.25 bits per heavy atom. The predicted octanol–water partition coefficient (Wildman–Crippen LogP) is 1.58. The molecule has 0 bridgehead atoms. The van der Waals surface area contributed by atoms with E-state index >= 15 is 0 Å². The number of carbonyl (C=O) groups excluding carboxylic acids is 1. The van der Waals surface area contributed by atoms with Crippen molar-refractivity contribution in [1.82, 2.24) is 14.5 Å². The molecule has 0 radical (unpaired) electrons. The average molecular weight is 331 g/mol. The molecule has 24 heavy (non-hydrogen) atoms. The molecule has 7 heteroatoms. The first kappa shape index (κ1) is 16.3. The predicted molar refractivity (Wildman–Crippen MR) is 88.8 cm³/mol. The summed E-state index contributed by atoms with van der Waals surface area (Å²) < 4.78 is 1.44. The van der Waals surface area contributed by atoms with Crippen molar-refractivity contribution < 1.29 is 14.7 Å². The topological polar surface area (TPSA) is 95.4 Å². The maximum absolute atomic E-state index is 12.7. The number of nitrogens with zero attached hydrogens (tertiary/aromatic N) is 2. The number of H-pyrrole nitrogens is 1. The van der Waals surface area contributed by atoms with Crippen molar-refractivity contribution in [3.8, 4) is 0 Å². The summed E-state index contributed by atoms with van der Waals surface area (Å²) in [6.07, 6.45) is 3.26. The van der Waals surface area contributed by atoms with Crippen LogP contribution in [0.25, 0.3) is 11.0 Å². The summed E-state index contributed by atoms with van der Waals surface area (Å²) >= 11 is 0. The Morgan fingerprint density at radius 3 is 2.83 bits per heavy atom. The molecule has 0 aliphatic carbocycles. The third-order valence-electron chi connectivity index (χ3n) is 4.61. The van der Waals surface area contributed by atoms with Gasteiger partial charge < -0.3 is 15.0 Å². The van der Waals surface area contributed by atoms with Gasteiger partial charge in [-0.1, -0.05) is 12.1 Å². The summed E-state index contributed by atoms with van der Waals surface area (Å²) in [4.78, 5) is 40.1. The number of aromatic amines is 1. The molecule has 1 aromatic carbocycles. The SMILES string of the molecule is O=C(O)CCC1CCCCN1C(=O)Cn1c(=O)[nH]c2ccccc21. The van der Waals surface area contributed by atoms with E-state index in [-0.39, 0.29) is 30.6 Å². The van der Waals surface area contributed by atoms with Crippen LogP contribution in [-0.2, 0) is 16.1 Å². The lowest BCUT2D eigenvalue weighted by Crippen LogP contribution is -2.46. The van der Waals surface area contributed by atoms with Crippen LogP contribution in [0, 0.1) is 0 Å². The molecule has 1 amide bonds. The number of imidazole rings is 1. The van der Waals surface area contributed by atoms with Gasteiger partial charge >= 0.3 is 11.7 Å². The van der Waals surface area contributed by atoms with Gasteiger partial charge in [0.05, 0.1) is 11.0 Å². The number of likely N-dealkylation sites (tertiary alicyclic amines) is 1. The summed E-state index contributed by atoms with van der Waals surface area (Å²) in [5.41, 5.74) is 1.11. The second kappa shape index (κ2) is 6.90. The zero-order valence-electron chi connectivity index (χ0n) is 13.4. The van der Waals surface area contributed by atoms with Crippen molar-refractivity contribution in [2.24, 2.45) is 0 Å². The Kier molecular flexibility index (Phi) is 4.69. The van der Waals surface area contributed by atoms with Crippen molar-refractivity contribution in [1.29, 1.82) is 0 Å². The van der Waals surface area contributed by atoms with E-state index in [1.165, 1.54) is 4.57 Å². The number of carbonyl (C=O) groups is 2. The second-order valence-corrected chi connectivity index (χ2v) is 6.20. The molecule has 1 aliphatic rings. The van der Waals surface area contributed by atoms with Crippen molar-refractivity contribution in [3.63, 3.8) is 0 Å². The molecule has 2 heterocycles. The van der Waals surface area contributed by atoms with E-state index in [0.29, 0.717) is 24.0 Å². The van der Waals surface area contributed by atoms with Crippen molar-refractivity contribution in [2.45, 2.75) is 44.7 Å². The quantitative estimate of drug-likeness (QED) is 0.869. The number of carboxylic acids is 1. The van der Waals surface area contributed by atoms with Gasteiger partial charge in [0, 0.05) is 19.0 Å². The Morgan fingerprint density at radius 2 is 2.04 bits per heavy atom. The zero-order chi connectivity index (χ0) is 17.1. The summed E-state index contributed by atoms with van der Waals surface area (Å²) in [6.45, 7) is 0.604. The Balaban J connectivity index is 1.78. The highest BCUT2D eigenvalue weighted by molar-refractivity contribution is 5.80. The first-order valence-corrected chi connectivity index (χ1v) is 8.25. The molecule has 2 aromatic rings. The lowest BCUT2D eigenvalue weighted by Gasteiger charge is -2.35. The van der Waals surface area contributed by atoms with Crippen molar-refractivity contribution in [2.75, 3.05) is 6.54 Å². The van der Waals surface area contributed by atoms with E-state index in [0.717, 1.165) is 19.3 Å². The molecule has 1 aromatic heterocycles. The van der Waals surface area contributed by atoms with Crippen LogP contribution in [0.15, 0.2) is 29.1 Å². The molecular weight excluding hydrogens is 310 g/mol. The van der Waals surface area contributed by atoms with Gasteiger partial charge in [-0.3, -0.25) is 14.2 Å². The van der Waals surface area contributed by atoms with Crippen LogP contribution < -0.4 is 5.69 Å². The molecular formula is C17H21N3O4. The molecule has 1 atom stereocenters. The van der Waals surface area contributed by atoms with Crippen LogP contribution in [-0.4, -0.2) is 44.0 Å². The van der Waals surface area contributed by atoms with Crippen LogP contribution in [0.2, 0.25) is 0 Å². The van der Waals surface area contributed by atoms with E-state index in [4.69, 9.17) is 5.11 Å². The van der Waals surface area contributed by atoms with Crippen LogP contribution in [0.5, 0.6) is 0 Å². The fourth-order valence-electron chi connectivity index (χ4n) is 3.41. The highest BCUT2D eigenvalue weighted by Gasteiger charge is 2.27. The van der Waals surface area contributed by atoms with Crippen molar-refractivity contribution in [3.05, 3.63) is 34.7 Å².